The van der Waals surface area contributed by atoms with Crippen molar-refractivity contribution in [2.75, 3.05) is 33.1 Å². The molecular weight excluding hydrogens is 690 g/mol. The number of ketones is 4. The van der Waals surface area contributed by atoms with Crippen LogP contribution in [0.5, 0.6) is 5.75 Å². The fourth-order valence-corrected chi connectivity index (χ4v) is 7.56. The van der Waals surface area contributed by atoms with Crippen LogP contribution in [0.3, 0.4) is 0 Å². The fraction of sp³-hybridized carbons (Fsp3) is 0.542. The summed E-state index contributed by atoms with van der Waals surface area (Å²) in [4.78, 5) is 69.3. The molecule has 1 aromatic rings. The van der Waals surface area contributed by atoms with Gasteiger partial charge in [-0.05, 0) is 67.1 Å². The molecule has 1 aromatic carbocycles. The van der Waals surface area contributed by atoms with Gasteiger partial charge < -0.3 is 19.9 Å². The number of likely N-dealkylation sites (N-methyl/N-ethyl adjacent to an activating group) is 1. The van der Waals surface area contributed by atoms with Gasteiger partial charge in [-0.25, -0.2) is 0 Å². The lowest BCUT2D eigenvalue weighted by Crippen LogP contribution is -2.74. The van der Waals surface area contributed by atoms with Crippen molar-refractivity contribution < 1.29 is 54.9 Å². The van der Waals surface area contributed by atoms with Crippen molar-refractivity contribution in [1.29, 1.82) is 0 Å². The molecular formula is C24H25F3IN3O9S. The van der Waals surface area contributed by atoms with Crippen molar-refractivity contribution >= 4 is 67.4 Å². The minimum absolute atomic E-state index is 0.0946. The van der Waals surface area contributed by atoms with E-state index in [1.165, 1.54) is 52.6 Å². The number of nitrogens with two attached hydrogens (primary N) is 1. The van der Waals surface area contributed by atoms with Crippen LogP contribution < -0.4 is 14.8 Å². The number of anilines is 1. The molecule has 4 unspecified atom stereocenters. The molecule has 3 aliphatic carbocycles. The first-order valence-corrected chi connectivity index (χ1v) is 14.5. The van der Waals surface area contributed by atoms with E-state index in [0.29, 0.717) is 5.69 Å². The average Bonchev–Trinajstić information content (AvgIpc) is 2.81. The second-order valence-electron chi connectivity index (χ2n) is 10.7. The predicted octanol–water partition coefficient (Wildman–Crippen LogP) is 0.0604. The standard InChI is InChI=1S/C24H25F3IN3O9S/c1-30(2)12-7-11(28)19(40-41(38,39)24(25,26)27)14-9(12)5-8-6-10-16(31(3)4)18(33)15(22(29)36)21(35)23(10,37)20(34)13(8)17(14)32/h7-8,10,13,15-16,37H,5-6H2,1-4H3,(H2,29,36)/t8?,10?,13?,15?,16-,23-/m0/s1. The number of nitrogens with zero attached hydrogens (tertiary/aromatic N) is 2. The maximum absolute atomic E-state index is 14.0. The highest BCUT2D eigenvalue weighted by atomic mass is 127. The van der Waals surface area contributed by atoms with Gasteiger partial charge in [-0.1, -0.05) is 0 Å². The SMILES string of the molecule is CN(C)c1cc(I)c(OS(=O)(=O)C(F)(F)F)c2c1CC1CC3[C@H](N(C)C)C(=O)C(C(N)=O)C(=O)[C@@]3(O)C(=O)C1C2=O. The molecule has 6 atom stereocenters. The molecule has 0 aliphatic heterocycles. The molecule has 0 spiro atoms. The van der Waals surface area contributed by atoms with E-state index in [0.717, 1.165) is 0 Å². The summed E-state index contributed by atoms with van der Waals surface area (Å²) in [5, 5.41) is 11.6. The van der Waals surface area contributed by atoms with Gasteiger partial charge in [0.15, 0.2) is 40.4 Å². The minimum Gasteiger partial charge on any atom is -0.377 e. The zero-order valence-electron chi connectivity index (χ0n) is 22.0. The highest BCUT2D eigenvalue weighted by molar-refractivity contribution is 14.1. The summed E-state index contributed by atoms with van der Waals surface area (Å²) in [6.45, 7) is 0. The van der Waals surface area contributed by atoms with E-state index in [-0.39, 0.29) is 22.0 Å². The average molecular weight is 715 g/mol. The lowest BCUT2D eigenvalue weighted by atomic mass is 9.52. The molecule has 17 heteroatoms. The Kier molecular flexibility index (Phi) is 7.62. The number of halogens is 4. The Labute approximate surface area is 245 Å². The Morgan fingerprint density at radius 2 is 1.73 bits per heavy atom. The summed E-state index contributed by atoms with van der Waals surface area (Å²) in [6, 6.07) is 0.0145. The summed E-state index contributed by atoms with van der Waals surface area (Å²) >= 11 is 1.50. The third-order valence-electron chi connectivity index (χ3n) is 7.93. The smallest absolute Gasteiger partial charge is 0.377 e. The highest BCUT2D eigenvalue weighted by Gasteiger charge is 2.69. The van der Waals surface area contributed by atoms with Gasteiger partial charge in [0, 0.05) is 25.7 Å². The van der Waals surface area contributed by atoms with Crippen LogP contribution in [0.4, 0.5) is 18.9 Å². The number of Topliss-reactive ketones (excluding diaryl/α,β-unsaturated/α-hetero) is 4. The Hall–Kier alpha value is -2.64. The topological polar surface area (TPSA) is 181 Å². The van der Waals surface area contributed by atoms with E-state index in [1.807, 2.05) is 0 Å². The van der Waals surface area contributed by atoms with Gasteiger partial charge in [-0.2, -0.15) is 21.6 Å². The molecule has 0 aromatic heterocycles. The largest absolute Gasteiger partial charge is 0.534 e. The monoisotopic (exact) mass is 715 g/mol. The van der Waals surface area contributed by atoms with E-state index >= 15 is 0 Å². The van der Waals surface area contributed by atoms with E-state index in [1.54, 1.807) is 14.1 Å². The lowest BCUT2D eigenvalue weighted by Gasteiger charge is -2.52. The zero-order chi connectivity index (χ0) is 31.1. The van der Waals surface area contributed by atoms with Gasteiger partial charge >= 0.3 is 15.6 Å². The Morgan fingerprint density at radius 1 is 1.15 bits per heavy atom. The number of carbonyl (C=O) groups excluding carboxylic acids is 5. The van der Waals surface area contributed by atoms with Gasteiger partial charge in [-0.3, -0.25) is 28.9 Å². The normalized spacial score (nSPS) is 30.0. The number of alkyl halides is 3. The van der Waals surface area contributed by atoms with Crippen molar-refractivity contribution in [3.63, 3.8) is 0 Å². The first-order valence-electron chi connectivity index (χ1n) is 12.1. The molecule has 12 nitrogen and oxygen atoms in total. The van der Waals surface area contributed by atoms with Crippen LogP contribution in [0.15, 0.2) is 6.07 Å². The number of hydrogen-bond donors (Lipinski definition) is 2. The molecule has 0 heterocycles. The third kappa shape index (κ3) is 4.55. The Balaban J connectivity index is 1.94. The Morgan fingerprint density at radius 3 is 2.22 bits per heavy atom. The molecule has 3 aliphatic rings. The second kappa shape index (κ2) is 9.98. The van der Waals surface area contributed by atoms with Gasteiger partial charge in [0.05, 0.1) is 21.1 Å². The quantitative estimate of drug-likeness (QED) is 0.182. The summed E-state index contributed by atoms with van der Waals surface area (Å²) in [7, 11) is -0.219. The maximum Gasteiger partial charge on any atom is 0.534 e. The summed E-state index contributed by atoms with van der Waals surface area (Å²) in [5.41, 5.74) is -3.75. The molecule has 224 valence electrons. The highest BCUT2D eigenvalue weighted by Crippen LogP contribution is 2.52. The van der Waals surface area contributed by atoms with Crippen LogP contribution in [-0.4, -0.2) is 92.8 Å². The molecule has 41 heavy (non-hydrogen) atoms. The van der Waals surface area contributed by atoms with E-state index in [9.17, 15) is 50.7 Å². The van der Waals surface area contributed by atoms with Gasteiger partial charge in [0.25, 0.3) is 0 Å². The first kappa shape index (κ1) is 31.3. The van der Waals surface area contributed by atoms with E-state index in [4.69, 9.17) is 5.73 Å². The number of primary amides is 1. The van der Waals surface area contributed by atoms with E-state index < -0.39 is 91.3 Å². The summed E-state index contributed by atoms with van der Waals surface area (Å²) in [6.07, 6.45) is -0.404. The van der Waals surface area contributed by atoms with Crippen LogP contribution in [0.1, 0.15) is 22.3 Å². The second-order valence-corrected chi connectivity index (χ2v) is 13.4. The fourth-order valence-electron chi connectivity index (χ4n) is 6.24. The van der Waals surface area contributed by atoms with Crippen LogP contribution in [0.25, 0.3) is 0 Å². The van der Waals surface area contributed by atoms with Gasteiger partial charge in [0.2, 0.25) is 5.91 Å². The number of benzene rings is 1. The molecule has 2 fully saturated rings. The number of carbonyl (C=O) groups is 5. The first-order chi connectivity index (χ1) is 18.7. The summed E-state index contributed by atoms with van der Waals surface area (Å²) < 4.78 is 67.8. The number of aliphatic hydroxyl groups is 1. The number of fused-ring (bicyclic) bond motifs is 3. The van der Waals surface area contributed by atoms with Gasteiger partial charge in [-0.15, -0.1) is 0 Å². The van der Waals surface area contributed by atoms with Crippen molar-refractivity contribution in [2.45, 2.75) is 30.0 Å². The summed E-state index contributed by atoms with van der Waals surface area (Å²) in [5.74, 6) is -13.5. The van der Waals surface area contributed by atoms with Crippen LogP contribution >= 0.6 is 22.6 Å². The molecule has 0 radical (unpaired) electrons. The van der Waals surface area contributed by atoms with Crippen LogP contribution in [0.2, 0.25) is 0 Å². The molecule has 1 amide bonds. The van der Waals surface area contributed by atoms with Crippen molar-refractivity contribution in [3.8, 4) is 5.75 Å². The number of hydrogen-bond acceptors (Lipinski definition) is 11. The molecule has 0 saturated heterocycles. The number of amides is 1. The lowest BCUT2D eigenvalue weighted by molar-refractivity contribution is -0.181. The zero-order valence-corrected chi connectivity index (χ0v) is 25.0. The number of rotatable bonds is 5. The molecule has 2 saturated carbocycles. The van der Waals surface area contributed by atoms with Crippen molar-refractivity contribution in [2.24, 2.45) is 29.4 Å². The van der Waals surface area contributed by atoms with Crippen LogP contribution in [-0.2, 0) is 35.7 Å². The minimum atomic E-state index is -6.24. The van der Waals surface area contributed by atoms with Gasteiger partial charge in [0.1, 0.15) is 0 Å². The van der Waals surface area contributed by atoms with Crippen molar-refractivity contribution in [1.82, 2.24) is 4.90 Å². The molecule has 3 N–H and O–H groups in total. The van der Waals surface area contributed by atoms with Crippen LogP contribution in [0, 0.1) is 27.2 Å². The third-order valence-corrected chi connectivity index (χ3v) is 9.68. The molecule has 4 rings (SSSR count). The predicted molar refractivity (Wildman–Crippen MR) is 142 cm³/mol. The van der Waals surface area contributed by atoms with Crippen molar-refractivity contribution in [3.05, 3.63) is 20.8 Å². The van der Waals surface area contributed by atoms with E-state index in [2.05, 4.69) is 4.18 Å². The maximum atomic E-state index is 14.0. The molecule has 0 bridgehead atoms. The Bertz CT molecular complexity index is 1510.